The number of nitrogens with one attached hydrogen (secondary N) is 1. The molecule has 1 unspecified atom stereocenters. The number of amides is 1. The summed E-state index contributed by atoms with van der Waals surface area (Å²) in [5.74, 6) is -1.74. The van der Waals surface area contributed by atoms with Crippen molar-refractivity contribution in [2.24, 2.45) is 46.3 Å². The van der Waals surface area contributed by atoms with Crippen LogP contribution in [0.1, 0.15) is 125 Å². The standard InChI is InChI=1S/C46H76N4O12/c1-30(2)9-8-10-31(3)35-14-15-36-34-13-12-32-25-33(16-18-45(32,4)37(34)17-19-46(35,36)5)62-44(61)47-20-7-6-11-38(43(59)60)50(23-21-48(26-39(51)52)27-40(53)54)24-22-49(28-41(55)56)29-42(57)58/h12,30-31,33-38H,6-11,13-29H2,1-5H3,(H,47,61)(H,51,52)(H,53,54)(H,55,56)(H,57,58)(H,59,60)/t31-,33?,34+,35-,36+,37+,38-,45+,46-/m1/s1. The monoisotopic (exact) mass is 877 g/mol. The van der Waals surface area contributed by atoms with Crippen molar-refractivity contribution in [2.45, 2.75) is 137 Å². The number of rotatable bonds is 27. The fraction of sp³-hybridized carbons (Fsp3) is 0.826. The van der Waals surface area contributed by atoms with Gasteiger partial charge in [-0.25, -0.2) is 4.79 Å². The Labute approximate surface area is 367 Å². The smallest absolute Gasteiger partial charge is 0.407 e. The Morgan fingerprint density at radius 3 is 1.87 bits per heavy atom. The van der Waals surface area contributed by atoms with Gasteiger partial charge in [0.25, 0.3) is 0 Å². The van der Waals surface area contributed by atoms with Gasteiger partial charge in [0.2, 0.25) is 0 Å². The van der Waals surface area contributed by atoms with Crippen molar-refractivity contribution in [2.75, 3.05) is 58.9 Å². The molecule has 0 aromatic carbocycles. The van der Waals surface area contributed by atoms with Crippen LogP contribution in [0, 0.1) is 46.3 Å². The van der Waals surface area contributed by atoms with Gasteiger partial charge in [-0.3, -0.25) is 38.7 Å². The van der Waals surface area contributed by atoms with Crippen molar-refractivity contribution >= 4 is 35.9 Å². The van der Waals surface area contributed by atoms with Gasteiger partial charge in [0, 0.05) is 39.1 Å². The highest BCUT2D eigenvalue weighted by molar-refractivity contribution is 5.74. The average Bonchev–Trinajstić information content (AvgIpc) is 3.52. The molecule has 4 rings (SSSR count). The highest BCUT2D eigenvalue weighted by Crippen LogP contribution is 2.67. The van der Waals surface area contributed by atoms with Crippen molar-refractivity contribution < 1.29 is 59.0 Å². The quantitative estimate of drug-likeness (QED) is 0.0411. The van der Waals surface area contributed by atoms with E-state index in [0.717, 1.165) is 65.1 Å². The van der Waals surface area contributed by atoms with Crippen molar-refractivity contribution in [1.82, 2.24) is 20.0 Å². The van der Waals surface area contributed by atoms with Crippen LogP contribution in [-0.2, 0) is 28.7 Å². The third-order valence-electron chi connectivity index (χ3n) is 15.3. The molecule has 4 aliphatic carbocycles. The Hall–Kier alpha value is -3.76. The second kappa shape index (κ2) is 23.3. The fourth-order valence-electron chi connectivity index (χ4n) is 12.2. The molecule has 3 fully saturated rings. The second-order valence-electron chi connectivity index (χ2n) is 19.9. The van der Waals surface area contributed by atoms with Crippen LogP contribution in [0.25, 0.3) is 0 Å². The fourth-order valence-corrected chi connectivity index (χ4v) is 12.2. The van der Waals surface area contributed by atoms with Gasteiger partial charge in [-0.05, 0) is 111 Å². The largest absolute Gasteiger partial charge is 0.480 e. The first kappa shape index (κ1) is 50.9. The van der Waals surface area contributed by atoms with E-state index in [9.17, 15) is 54.3 Å². The number of carboxylic acid groups (broad SMARTS) is 5. The molecule has 352 valence electrons. The van der Waals surface area contributed by atoms with E-state index in [1.807, 2.05) is 0 Å². The summed E-state index contributed by atoms with van der Waals surface area (Å²) < 4.78 is 5.95. The van der Waals surface area contributed by atoms with Crippen LogP contribution in [-0.4, -0.2) is 147 Å². The molecule has 6 N–H and O–H groups in total. The Kier molecular flexibility index (Phi) is 19.1. The number of carboxylic acids is 5. The van der Waals surface area contributed by atoms with Crippen molar-refractivity contribution in [3.05, 3.63) is 11.6 Å². The zero-order valence-corrected chi connectivity index (χ0v) is 37.9. The molecule has 1 amide bonds. The summed E-state index contributed by atoms with van der Waals surface area (Å²) in [5.41, 5.74) is 2.00. The first-order valence-corrected chi connectivity index (χ1v) is 23.2. The molecule has 16 heteroatoms. The zero-order valence-electron chi connectivity index (χ0n) is 37.9. The molecule has 0 aliphatic heterocycles. The molecule has 0 radical (unpaired) electrons. The number of carbonyl (C=O) groups is 6. The molecular weight excluding hydrogens is 801 g/mol. The maximum atomic E-state index is 13.0. The number of fused-ring (bicyclic) bond motifs is 5. The topological polar surface area (TPSA) is 235 Å². The van der Waals surface area contributed by atoms with Crippen LogP contribution in [0.2, 0.25) is 0 Å². The normalized spacial score (nSPS) is 27.8. The maximum absolute atomic E-state index is 13.0. The summed E-state index contributed by atoms with van der Waals surface area (Å²) in [5, 5.41) is 50.1. The lowest BCUT2D eigenvalue weighted by Gasteiger charge is -2.58. The Morgan fingerprint density at radius 2 is 1.32 bits per heavy atom. The number of hydrogen-bond acceptors (Lipinski definition) is 10. The Bertz CT molecular complexity index is 1520. The summed E-state index contributed by atoms with van der Waals surface area (Å²) in [6.45, 7) is 9.71. The van der Waals surface area contributed by atoms with Gasteiger partial charge < -0.3 is 35.6 Å². The Morgan fingerprint density at radius 1 is 0.726 bits per heavy atom. The molecule has 0 saturated heterocycles. The number of alkyl carbamates (subject to hydrolysis) is 1. The summed E-state index contributed by atoms with van der Waals surface area (Å²) in [4.78, 5) is 74.8. The lowest BCUT2D eigenvalue weighted by molar-refractivity contribution is -0.146. The molecule has 9 atom stereocenters. The van der Waals surface area contributed by atoms with Crippen molar-refractivity contribution in [3.63, 3.8) is 0 Å². The first-order chi connectivity index (χ1) is 29.2. The van der Waals surface area contributed by atoms with E-state index >= 15 is 0 Å². The summed E-state index contributed by atoms with van der Waals surface area (Å²) >= 11 is 0. The zero-order chi connectivity index (χ0) is 45.8. The van der Waals surface area contributed by atoms with E-state index in [1.54, 1.807) is 0 Å². The minimum Gasteiger partial charge on any atom is -0.480 e. The van der Waals surface area contributed by atoms with Crippen LogP contribution in [0.4, 0.5) is 4.79 Å². The second-order valence-corrected chi connectivity index (χ2v) is 19.9. The molecule has 0 bridgehead atoms. The number of allylic oxidation sites excluding steroid dienone is 1. The third kappa shape index (κ3) is 14.1. The molecule has 0 aromatic heterocycles. The van der Waals surface area contributed by atoms with Crippen molar-refractivity contribution in [3.8, 4) is 0 Å². The van der Waals surface area contributed by atoms with Gasteiger partial charge in [-0.2, -0.15) is 0 Å². The molecule has 0 spiro atoms. The average molecular weight is 877 g/mol. The van der Waals surface area contributed by atoms with Gasteiger partial charge in [0.15, 0.2) is 0 Å². The SMILES string of the molecule is CC(C)CCC[C@@H](C)[C@H]1CC[C@H]2[C@@H]3CC=C4CC(OC(=O)NCCCC[C@H](C(=O)O)N(CCN(CC(=O)O)CC(=O)O)CCN(CC(=O)O)CC(=O)O)CC[C@]4(C)[C@H]3CC[C@]12C. The minimum atomic E-state index is -1.26. The first-order valence-electron chi connectivity index (χ1n) is 23.2. The number of carbonyl (C=O) groups excluding carboxylic acids is 1. The lowest BCUT2D eigenvalue weighted by Crippen LogP contribution is -2.51. The van der Waals surface area contributed by atoms with Gasteiger partial charge in [-0.15, -0.1) is 0 Å². The number of aliphatic carboxylic acids is 5. The van der Waals surface area contributed by atoms with Gasteiger partial charge >= 0.3 is 35.9 Å². The molecule has 16 nitrogen and oxygen atoms in total. The Balaban J connectivity index is 1.28. The van der Waals surface area contributed by atoms with E-state index in [-0.39, 0.29) is 50.7 Å². The molecule has 0 heterocycles. The van der Waals surface area contributed by atoms with Crippen LogP contribution >= 0.6 is 0 Å². The predicted molar refractivity (Wildman–Crippen MR) is 232 cm³/mol. The lowest BCUT2D eigenvalue weighted by atomic mass is 9.47. The predicted octanol–water partition coefficient (Wildman–Crippen LogP) is 5.99. The molecular formula is C46H76N4O12. The number of nitrogens with zero attached hydrogens (tertiary/aromatic N) is 3. The van der Waals surface area contributed by atoms with Gasteiger partial charge in [-0.1, -0.05) is 65.5 Å². The highest BCUT2D eigenvalue weighted by Gasteiger charge is 2.59. The number of ether oxygens (including phenoxy) is 1. The highest BCUT2D eigenvalue weighted by atomic mass is 16.6. The molecule has 3 saturated carbocycles. The summed E-state index contributed by atoms with van der Waals surface area (Å²) in [6, 6.07) is -1.13. The van der Waals surface area contributed by atoms with Crippen LogP contribution in [0.3, 0.4) is 0 Å². The van der Waals surface area contributed by atoms with E-state index in [0.29, 0.717) is 24.2 Å². The minimum absolute atomic E-state index is 0.0766. The van der Waals surface area contributed by atoms with E-state index in [1.165, 1.54) is 55.4 Å². The summed E-state index contributed by atoms with van der Waals surface area (Å²) in [7, 11) is 0. The maximum Gasteiger partial charge on any atom is 0.407 e. The van der Waals surface area contributed by atoms with Crippen LogP contribution in [0.15, 0.2) is 11.6 Å². The van der Waals surface area contributed by atoms with Crippen molar-refractivity contribution in [1.29, 1.82) is 0 Å². The third-order valence-corrected chi connectivity index (χ3v) is 15.3. The van der Waals surface area contributed by atoms with E-state index in [4.69, 9.17) is 4.74 Å². The van der Waals surface area contributed by atoms with Gasteiger partial charge in [0.05, 0.1) is 26.2 Å². The van der Waals surface area contributed by atoms with E-state index in [2.05, 4.69) is 46.0 Å². The van der Waals surface area contributed by atoms with E-state index < -0.39 is 68.2 Å². The molecule has 4 aliphatic rings. The van der Waals surface area contributed by atoms with Crippen LogP contribution in [0.5, 0.6) is 0 Å². The van der Waals surface area contributed by atoms with Gasteiger partial charge in [0.1, 0.15) is 12.1 Å². The number of hydrogen-bond donors (Lipinski definition) is 6. The number of unbranched alkanes of at least 4 members (excludes halogenated alkanes) is 1. The molecule has 62 heavy (non-hydrogen) atoms. The summed E-state index contributed by atoms with van der Waals surface area (Å²) in [6.07, 6.45) is 15.6. The van der Waals surface area contributed by atoms with Crippen LogP contribution < -0.4 is 5.32 Å². The molecule has 0 aromatic rings.